The van der Waals surface area contributed by atoms with Crippen LogP contribution in [-0.4, -0.2) is 29.2 Å². The number of rotatable bonds is 8. The van der Waals surface area contributed by atoms with Crippen LogP contribution >= 0.6 is 0 Å². The van der Waals surface area contributed by atoms with Gasteiger partial charge in [0, 0.05) is 13.5 Å². The zero-order valence-corrected chi connectivity index (χ0v) is 13.7. The van der Waals surface area contributed by atoms with Crippen LogP contribution < -0.4 is 0 Å². The molecule has 0 amide bonds. The van der Waals surface area contributed by atoms with Crippen molar-refractivity contribution in [2.24, 2.45) is 0 Å². The molecule has 4 nitrogen and oxygen atoms in total. The van der Waals surface area contributed by atoms with Crippen molar-refractivity contribution in [3.63, 3.8) is 0 Å². The lowest BCUT2D eigenvalue weighted by atomic mass is 10.0. The van der Waals surface area contributed by atoms with Crippen LogP contribution in [-0.2, 0) is 16.0 Å². The quantitative estimate of drug-likeness (QED) is 0.726. The fourth-order valence-corrected chi connectivity index (χ4v) is 2.36. The first kappa shape index (κ1) is 17.8. The first-order valence-corrected chi connectivity index (χ1v) is 7.87. The molecule has 2 rings (SSSR count). The minimum absolute atomic E-state index is 0.000584. The van der Waals surface area contributed by atoms with Gasteiger partial charge in [-0.15, -0.1) is 0 Å². The Morgan fingerprint density at radius 1 is 1.04 bits per heavy atom. The number of ketones is 1. The molecular formula is C20H22O4. The van der Waals surface area contributed by atoms with E-state index >= 15 is 0 Å². The molecule has 2 aromatic rings. The van der Waals surface area contributed by atoms with E-state index in [9.17, 15) is 15.0 Å². The number of hydrogen-bond acceptors (Lipinski definition) is 4. The SMILES string of the molecule is COC(CCc1ccc(O)cc1)CC(=O)C=Cc1ccc(O)cc1. The summed E-state index contributed by atoms with van der Waals surface area (Å²) in [7, 11) is 1.61. The highest BCUT2D eigenvalue weighted by molar-refractivity contribution is 5.93. The van der Waals surface area contributed by atoms with Gasteiger partial charge in [-0.3, -0.25) is 4.79 Å². The van der Waals surface area contributed by atoms with Crippen LogP contribution in [0.25, 0.3) is 6.08 Å². The van der Waals surface area contributed by atoms with Crippen molar-refractivity contribution >= 4 is 11.9 Å². The number of allylic oxidation sites excluding steroid dienone is 1. The van der Waals surface area contributed by atoms with Crippen molar-refractivity contribution in [3.8, 4) is 11.5 Å². The van der Waals surface area contributed by atoms with E-state index in [1.807, 2.05) is 12.1 Å². The predicted octanol–water partition coefficient (Wildman–Crippen LogP) is 3.72. The zero-order chi connectivity index (χ0) is 17.4. The Labute approximate surface area is 142 Å². The third kappa shape index (κ3) is 5.89. The van der Waals surface area contributed by atoms with Gasteiger partial charge < -0.3 is 14.9 Å². The highest BCUT2D eigenvalue weighted by Gasteiger charge is 2.11. The van der Waals surface area contributed by atoms with Gasteiger partial charge in [0.1, 0.15) is 11.5 Å². The van der Waals surface area contributed by atoms with Crippen molar-refractivity contribution in [2.75, 3.05) is 7.11 Å². The minimum atomic E-state index is -0.143. The number of hydrogen-bond donors (Lipinski definition) is 2. The summed E-state index contributed by atoms with van der Waals surface area (Å²) in [5.74, 6) is 0.448. The number of methoxy groups -OCH3 is 1. The molecule has 24 heavy (non-hydrogen) atoms. The topological polar surface area (TPSA) is 66.8 Å². The van der Waals surface area contributed by atoms with E-state index < -0.39 is 0 Å². The summed E-state index contributed by atoms with van der Waals surface area (Å²) >= 11 is 0. The van der Waals surface area contributed by atoms with Gasteiger partial charge in [-0.25, -0.2) is 0 Å². The zero-order valence-electron chi connectivity index (χ0n) is 13.7. The van der Waals surface area contributed by atoms with Gasteiger partial charge in [0.2, 0.25) is 0 Å². The fraction of sp³-hybridized carbons (Fsp3) is 0.250. The Morgan fingerprint density at radius 2 is 1.62 bits per heavy atom. The first-order chi connectivity index (χ1) is 11.6. The van der Waals surface area contributed by atoms with Crippen LogP contribution in [0.2, 0.25) is 0 Å². The molecule has 1 atom stereocenters. The lowest BCUT2D eigenvalue weighted by molar-refractivity contribution is -0.116. The Balaban J connectivity index is 1.83. The van der Waals surface area contributed by atoms with E-state index in [0.29, 0.717) is 6.42 Å². The average molecular weight is 326 g/mol. The van der Waals surface area contributed by atoms with Crippen LogP contribution in [0.15, 0.2) is 54.6 Å². The Morgan fingerprint density at radius 3 is 2.21 bits per heavy atom. The standard InChI is InChI=1S/C20H22O4/c1-24-20(13-7-16-4-10-18(22)11-5-16)14-19(23)12-6-15-2-8-17(21)9-3-15/h2-6,8-12,20-22H,7,13-14H2,1H3. The molecule has 0 aliphatic carbocycles. The molecule has 0 aromatic heterocycles. The second-order valence-electron chi connectivity index (χ2n) is 5.66. The van der Waals surface area contributed by atoms with Crippen molar-refractivity contribution in [1.29, 1.82) is 0 Å². The van der Waals surface area contributed by atoms with Crippen LogP contribution in [0, 0.1) is 0 Å². The van der Waals surface area contributed by atoms with Crippen LogP contribution in [0.3, 0.4) is 0 Å². The maximum absolute atomic E-state index is 12.1. The number of phenolic OH excluding ortho intramolecular Hbond substituents is 2. The molecule has 0 fully saturated rings. The van der Waals surface area contributed by atoms with Gasteiger partial charge in [-0.1, -0.05) is 30.3 Å². The number of benzene rings is 2. The van der Waals surface area contributed by atoms with Crippen molar-refractivity contribution in [2.45, 2.75) is 25.4 Å². The van der Waals surface area contributed by atoms with Gasteiger partial charge in [0.05, 0.1) is 6.10 Å². The number of aromatic hydroxyl groups is 2. The van der Waals surface area contributed by atoms with Gasteiger partial charge in [-0.2, -0.15) is 0 Å². The van der Waals surface area contributed by atoms with E-state index in [-0.39, 0.29) is 23.4 Å². The van der Waals surface area contributed by atoms with E-state index in [4.69, 9.17) is 4.74 Å². The summed E-state index contributed by atoms with van der Waals surface area (Å²) in [6.45, 7) is 0. The van der Waals surface area contributed by atoms with Crippen molar-refractivity contribution < 1.29 is 19.7 Å². The smallest absolute Gasteiger partial charge is 0.158 e. The normalized spacial score (nSPS) is 12.4. The largest absolute Gasteiger partial charge is 0.508 e. The molecule has 0 heterocycles. The maximum atomic E-state index is 12.1. The minimum Gasteiger partial charge on any atom is -0.508 e. The summed E-state index contributed by atoms with van der Waals surface area (Å²) in [4.78, 5) is 12.1. The second kappa shape index (κ2) is 8.89. The molecule has 0 radical (unpaired) electrons. The van der Waals surface area contributed by atoms with Crippen LogP contribution in [0.4, 0.5) is 0 Å². The molecule has 4 heteroatoms. The van der Waals surface area contributed by atoms with E-state index in [2.05, 4.69) is 0 Å². The summed E-state index contributed by atoms with van der Waals surface area (Å²) in [6.07, 6.45) is 4.97. The molecule has 0 saturated carbocycles. The van der Waals surface area contributed by atoms with Gasteiger partial charge >= 0.3 is 0 Å². The number of phenols is 2. The van der Waals surface area contributed by atoms with Crippen molar-refractivity contribution in [1.82, 2.24) is 0 Å². The summed E-state index contributed by atoms with van der Waals surface area (Å²) in [5.41, 5.74) is 1.96. The molecule has 0 aliphatic rings. The van der Waals surface area contributed by atoms with Gasteiger partial charge in [-0.05, 0) is 54.3 Å². The molecule has 0 aliphatic heterocycles. The number of ether oxygens (including phenoxy) is 1. The predicted molar refractivity (Wildman–Crippen MR) is 94.0 cm³/mol. The van der Waals surface area contributed by atoms with Gasteiger partial charge in [0.15, 0.2) is 5.78 Å². The maximum Gasteiger partial charge on any atom is 0.158 e. The monoisotopic (exact) mass is 326 g/mol. The second-order valence-corrected chi connectivity index (χ2v) is 5.66. The van der Waals surface area contributed by atoms with Crippen LogP contribution in [0.5, 0.6) is 11.5 Å². The van der Waals surface area contributed by atoms with Gasteiger partial charge in [0.25, 0.3) is 0 Å². The highest BCUT2D eigenvalue weighted by Crippen LogP contribution is 2.15. The number of carbonyl (C=O) groups is 1. The Bertz CT molecular complexity index is 672. The molecule has 0 bridgehead atoms. The molecule has 2 N–H and O–H groups in total. The number of aryl methyl sites for hydroxylation is 1. The summed E-state index contributed by atoms with van der Waals surface area (Å²) in [5, 5.41) is 18.5. The third-order valence-corrected chi connectivity index (χ3v) is 3.81. The lowest BCUT2D eigenvalue weighted by Crippen LogP contribution is -2.16. The summed E-state index contributed by atoms with van der Waals surface area (Å²) in [6, 6.07) is 13.7. The molecule has 0 spiro atoms. The fourth-order valence-electron chi connectivity index (χ4n) is 2.36. The average Bonchev–Trinajstić information content (AvgIpc) is 2.59. The van der Waals surface area contributed by atoms with Crippen molar-refractivity contribution in [3.05, 3.63) is 65.7 Å². The lowest BCUT2D eigenvalue weighted by Gasteiger charge is -2.13. The number of carbonyl (C=O) groups excluding carboxylic acids is 1. The van der Waals surface area contributed by atoms with E-state index in [1.54, 1.807) is 55.7 Å². The molecule has 0 saturated heterocycles. The molecule has 1 unspecified atom stereocenters. The molecular weight excluding hydrogens is 304 g/mol. The Hall–Kier alpha value is -2.59. The first-order valence-electron chi connectivity index (χ1n) is 7.87. The van der Waals surface area contributed by atoms with E-state index in [0.717, 1.165) is 24.0 Å². The highest BCUT2D eigenvalue weighted by atomic mass is 16.5. The Kier molecular flexibility index (Phi) is 6.58. The van der Waals surface area contributed by atoms with Crippen LogP contribution in [0.1, 0.15) is 24.0 Å². The molecule has 2 aromatic carbocycles. The summed E-state index contributed by atoms with van der Waals surface area (Å²) < 4.78 is 5.40. The van der Waals surface area contributed by atoms with E-state index in [1.165, 1.54) is 0 Å². The third-order valence-electron chi connectivity index (χ3n) is 3.81. The molecule has 126 valence electrons.